The Balaban J connectivity index is 1.74. The van der Waals surface area contributed by atoms with E-state index in [2.05, 4.69) is 19.5 Å². The van der Waals surface area contributed by atoms with Gasteiger partial charge in [0.2, 0.25) is 0 Å². The van der Waals surface area contributed by atoms with Gasteiger partial charge in [0, 0.05) is 12.3 Å². The number of hydrogen-bond acceptors (Lipinski definition) is 11. The Bertz CT molecular complexity index is 1080. The summed E-state index contributed by atoms with van der Waals surface area (Å²) in [6.07, 6.45) is -2.96. The minimum Gasteiger partial charge on any atom is -0.469 e. The number of fused-ring (bicyclic) bond motifs is 1. The number of aromatic amines is 1. The second-order valence-corrected chi connectivity index (χ2v) is 9.51. The maximum atomic E-state index is 12.6. The molecule has 0 saturated carbocycles. The number of methoxy groups -OCH3 is 2. The molecule has 190 valence electrons. The Labute approximate surface area is 192 Å². The molecular formula is C18H26N3O12P. The lowest BCUT2D eigenvalue weighted by Crippen LogP contribution is -2.39. The van der Waals surface area contributed by atoms with Gasteiger partial charge in [-0.3, -0.25) is 28.5 Å². The Morgan fingerprint density at radius 1 is 1.26 bits per heavy atom. The van der Waals surface area contributed by atoms with Crippen LogP contribution in [0.1, 0.15) is 26.5 Å². The number of nitrogens with one attached hydrogen (secondary N) is 2. The van der Waals surface area contributed by atoms with Crippen molar-refractivity contribution >= 4 is 19.7 Å². The highest BCUT2D eigenvalue weighted by atomic mass is 31.2. The molecule has 34 heavy (non-hydrogen) atoms. The molecule has 1 aromatic rings. The molecular weight excluding hydrogens is 481 g/mol. The number of rotatable bonds is 9. The largest absolute Gasteiger partial charge is 0.469 e. The average molecular weight is 507 g/mol. The molecule has 0 radical (unpaired) electrons. The van der Waals surface area contributed by atoms with Gasteiger partial charge < -0.3 is 28.6 Å². The van der Waals surface area contributed by atoms with Crippen LogP contribution in [0.3, 0.4) is 0 Å². The molecule has 15 nitrogen and oxygen atoms in total. The summed E-state index contributed by atoms with van der Waals surface area (Å²) in [4.78, 5) is 59.4. The average Bonchev–Trinajstić information content (AvgIpc) is 3.24. The number of hydrogen-bond donors (Lipinski definition) is 3. The maximum absolute atomic E-state index is 12.6. The normalized spacial score (nSPS) is 28.0. The quantitative estimate of drug-likeness (QED) is 0.266. The van der Waals surface area contributed by atoms with E-state index in [0.29, 0.717) is 0 Å². The fourth-order valence-electron chi connectivity index (χ4n) is 3.63. The molecule has 6 atom stereocenters. The Hall–Kier alpha value is -2.39. The topological polar surface area (TPSA) is 194 Å². The van der Waals surface area contributed by atoms with Crippen LogP contribution in [0.5, 0.6) is 0 Å². The van der Waals surface area contributed by atoms with Crippen molar-refractivity contribution in [2.75, 3.05) is 20.8 Å². The zero-order valence-electron chi connectivity index (χ0n) is 18.8. The van der Waals surface area contributed by atoms with Gasteiger partial charge in [-0.2, -0.15) is 0 Å². The second kappa shape index (κ2) is 10.1. The molecule has 2 fully saturated rings. The Morgan fingerprint density at radius 2 is 1.94 bits per heavy atom. The third kappa shape index (κ3) is 5.99. The van der Waals surface area contributed by atoms with Gasteiger partial charge in [0.1, 0.15) is 24.4 Å². The monoisotopic (exact) mass is 507 g/mol. The Morgan fingerprint density at radius 3 is 2.56 bits per heavy atom. The lowest BCUT2D eigenvalue weighted by molar-refractivity contribution is -0.200. The van der Waals surface area contributed by atoms with Crippen molar-refractivity contribution in [3.8, 4) is 0 Å². The molecule has 0 spiro atoms. The van der Waals surface area contributed by atoms with E-state index in [1.807, 2.05) is 0 Å². The van der Waals surface area contributed by atoms with E-state index >= 15 is 0 Å². The van der Waals surface area contributed by atoms with Gasteiger partial charge in [-0.25, -0.2) is 14.4 Å². The van der Waals surface area contributed by atoms with E-state index in [9.17, 15) is 28.6 Å². The van der Waals surface area contributed by atoms with E-state index in [4.69, 9.17) is 18.7 Å². The third-order valence-electron chi connectivity index (χ3n) is 5.07. The number of nitrogens with zero attached hydrogens (tertiary/aromatic N) is 1. The summed E-state index contributed by atoms with van der Waals surface area (Å²) >= 11 is 0. The first-order chi connectivity index (χ1) is 15.9. The van der Waals surface area contributed by atoms with Crippen molar-refractivity contribution in [2.45, 2.75) is 56.6 Å². The molecule has 0 amide bonds. The highest BCUT2D eigenvalue weighted by Gasteiger charge is 2.56. The molecule has 16 heteroatoms. The lowest BCUT2D eigenvalue weighted by atomic mass is 10.1. The van der Waals surface area contributed by atoms with Gasteiger partial charge in [0.25, 0.3) is 5.56 Å². The summed E-state index contributed by atoms with van der Waals surface area (Å²) in [6, 6.07) is -0.382. The standard InChI is InChI=1S/C18H26N3O12P/c1-18(2)32-13-10(31-15(14(13)33-18)21-6-5-11(22)19-17(21)25)8-30-34(26,27)20-9(16(24)29-4)7-12(23)28-3/h5-6,9-10,13-15H,7-8H2,1-4H3,(H,19,22,25)(H2,20,26,27)/t9?,10-,13-,14-,15-/m1/s1. The highest BCUT2D eigenvalue weighted by Crippen LogP contribution is 2.45. The number of carbonyl (C=O) groups excluding carboxylic acids is 2. The summed E-state index contributed by atoms with van der Waals surface area (Å²) in [7, 11) is -2.53. The van der Waals surface area contributed by atoms with E-state index < -0.39 is 80.3 Å². The molecule has 1 aromatic heterocycles. The Kier molecular flexibility index (Phi) is 7.77. The predicted molar refractivity (Wildman–Crippen MR) is 110 cm³/mol. The molecule has 2 unspecified atom stereocenters. The molecule has 0 aliphatic carbocycles. The minimum absolute atomic E-state index is 0.512. The smallest absolute Gasteiger partial charge is 0.403 e. The molecule has 3 rings (SSSR count). The van der Waals surface area contributed by atoms with Gasteiger partial charge in [0.05, 0.1) is 27.2 Å². The van der Waals surface area contributed by atoms with Crippen molar-refractivity contribution in [1.29, 1.82) is 0 Å². The van der Waals surface area contributed by atoms with Crippen LogP contribution in [-0.4, -0.2) is 77.4 Å². The first-order valence-electron chi connectivity index (χ1n) is 10.1. The number of esters is 2. The van der Waals surface area contributed by atoms with Crippen LogP contribution in [0, 0.1) is 0 Å². The number of carbonyl (C=O) groups is 2. The van der Waals surface area contributed by atoms with Gasteiger partial charge in [-0.05, 0) is 13.8 Å². The summed E-state index contributed by atoms with van der Waals surface area (Å²) in [5.41, 5.74) is -1.34. The van der Waals surface area contributed by atoms with Crippen LogP contribution in [-0.2, 0) is 42.4 Å². The van der Waals surface area contributed by atoms with Crippen LogP contribution in [0.4, 0.5) is 0 Å². The molecule has 3 heterocycles. The van der Waals surface area contributed by atoms with Crippen LogP contribution in [0.25, 0.3) is 0 Å². The number of H-pyrrole nitrogens is 1. The maximum Gasteiger partial charge on any atom is 0.403 e. The summed E-state index contributed by atoms with van der Waals surface area (Å²) in [5.74, 6) is -2.86. The van der Waals surface area contributed by atoms with Crippen molar-refractivity contribution in [3.05, 3.63) is 33.1 Å². The van der Waals surface area contributed by atoms with Crippen LogP contribution in [0.15, 0.2) is 21.9 Å². The van der Waals surface area contributed by atoms with Gasteiger partial charge in [-0.1, -0.05) is 0 Å². The molecule has 0 bridgehead atoms. The molecule has 0 aromatic carbocycles. The summed E-state index contributed by atoms with van der Waals surface area (Å²) in [5, 5.41) is 2.06. The second-order valence-electron chi connectivity index (χ2n) is 7.95. The highest BCUT2D eigenvalue weighted by molar-refractivity contribution is 7.50. The van der Waals surface area contributed by atoms with Crippen molar-refractivity contribution < 1.29 is 47.3 Å². The van der Waals surface area contributed by atoms with Gasteiger partial charge >= 0.3 is 25.4 Å². The van der Waals surface area contributed by atoms with Crippen LogP contribution >= 0.6 is 7.75 Å². The van der Waals surface area contributed by atoms with Gasteiger partial charge in [-0.15, -0.1) is 0 Å². The first kappa shape index (κ1) is 26.2. The third-order valence-corrected chi connectivity index (χ3v) is 6.20. The van der Waals surface area contributed by atoms with Crippen LogP contribution in [0.2, 0.25) is 0 Å². The number of aromatic nitrogens is 2. The van der Waals surface area contributed by atoms with E-state index in [1.165, 1.54) is 6.20 Å². The molecule has 3 N–H and O–H groups in total. The zero-order valence-corrected chi connectivity index (χ0v) is 19.7. The molecule has 2 aliphatic rings. The summed E-state index contributed by atoms with van der Waals surface area (Å²) < 4.78 is 45.3. The van der Waals surface area contributed by atoms with E-state index in [0.717, 1.165) is 24.9 Å². The molecule has 2 saturated heterocycles. The minimum atomic E-state index is -4.66. The fourth-order valence-corrected chi connectivity index (χ4v) is 4.64. The van der Waals surface area contributed by atoms with E-state index in [-0.39, 0.29) is 0 Å². The van der Waals surface area contributed by atoms with E-state index in [1.54, 1.807) is 13.8 Å². The molecule has 2 aliphatic heterocycles. The lowest BCUT2D eigenvalue weighted by Gasteiger charge is -2.25. The van der Waals surface area contributed by atoms with Crippen LogP contribution < -0.4 is 16.3 Å². The zero-order chi connectivity index (χ0) is 25.3. The SMILES string of the molecule is COC(=O)CC(NP(=O)(O)OC[C@H]1O[C@@H](n2ccc(=O)[nH]c2=O)[C@@H]2OC(C)(C)O[C@@H]21)C(=O)OC. The van der Waals surface area contributed by atoms with Crippen molar-refractivity contribution in [2.24, 2.45) is 0 Å². The number of ether oxygens (including phenoxy) is 5. The summed E-state index contributed by atoms with van der Waals surface area (Å²) in [6.45, 7) is 2.77. The van der Waals surface area contributed by atoms with Crippen molar-refractivity contribution in [1.82, 2.24) is 14.6 Å². The van der Waals surface area contributed by atoms with Gasteiger partial charge in [0.15, 0.2) is 12.0 Å². The first-order valence-corrected chi connectivity index (χ1v) is 11.7. The fraction of sp³-hybridized carbons (Fsp3) is 0.667. The van der Waals surface area contributed by atoms with Crippen molar-refractivity contribution in [3.63, 3.8) is 0 Å². The predicted octanol–water partition coefficient (Wildman–Crippen LogP) is -1.23.